The second-order valence-electron chi connectivity index (χ2n) is 4.63. The Balaban J connectivity index is 3.06. The van der Waals surface area contributed by atoms with Crippen LogP contribution in [0.1, 0.15) is 26.7 Å². The minimum atomic E-state index is -4.28. The summed E-state index contributed by atoms with van der Waals surface area (Å²) < 4.78 is 52.3. The molecule has 0 N–H and O–H groups in total. The molecule has 0 unspecified atom stereocenters. The monoisotopic (exact) mass is 360 g/mol. The third kappa shape index (κ3) is 4.98. The molecule has 23 heavy (non-hydrogen) atoms. The molecule has 0 atom stereocenters. The van der Waals surface area contributed by atoms with E-state index in [1.165, 1.54) is 0 Å². The highest BCUT2D eigenvalue weighted by Gasteiger charge is 2.34. The van der Waals surface area contributed by atoms with E-state index in [1.54, 1.807) is 0 Å². The van der Waals surface area contributed by atoms with Crippen molar-refractivity contribution in [1.82, 2.24) is 0 Å². The van der Waals surface area contributed by atoms with Crippen LogP contribution in [-0.4, -0.2) is 38.2 Å². The number of carbonyl (C=O) groups is 1. The van der Waals surface area contributed by atoms with E-state index in [1.807, 2.05) is 6.92 Å². The van der Waals surface area contributed by atoms with E-state index in [0.29, 0.717) is 12.8 Å². The number of hydrogen-bond donors (Lipinski definition) is 0. The van der Waals surface area contributed by atoms with Gasteiger partial charge in [-0.15, -0.1) is 4.79 Å². The zero-order valence-corrected chi connectivity index (χ0v) is 14.2. The smallest absolute Gasteiger partial charge is 0.382 e. The van der Waals surface area contributed by atoms with E-state index in [2.05, 4.69) is 4.79 Å². The molecule has 8 nitrogen and oxygen atoms in total. The zero-order chi connectivity index (χ0) is 17.7. The van der Waals surface area contributed by atoms with Crippen molar-refractivity contribution in [1.29, 1.82) is 0 Å². The summed E-state index contributed by atoms with van der Waals surface area (Å²) in [5.74, 6) is -1.12. The first-order valence-electron chi connectivity index (χ1n) is 6.64. The van der Waals surface area contributed by atoms with Gasteiger partial charge in [-0.3, -0.25) is 4.79 Å². The van der Waals surface area contributed by atoms with Crippen molar-refractivity contribution in [2.75, 3.05) is 5.75 Å². The van der Waals surface area contributed by atoms with Crippen LogP contribution in [0.5, 0.6) is 5.75 Å². The maximum Gasteiger partial charge on any atom is 0.451 e. The van der Waals surface area contributed by atoms with Crippen molar-refractivity contribution in [2.45, 2.75) is 31.6 Å². The topological polar surface area (TPSA) is 131 Å². The van der Waals surface area contributed by atoms with Gasteiger partial charge >= 0.3 is 15.2 Å². The van der Waals surface area contributed by atoms with E-state index in [4.69, 9.17) is 9.71 Å². The summed E-state index contributed by atoms with van der Waals surface area (Å²) >= 11 is 0. The third-order valence-electron chi connectivity index (χ3n) is 2.75. The largest absolute Gasteiger partial charge is 0.451 e. The lowest BCUT2D eigenvalue weighted by Crippen LogP contribution is -2.23. The number of ketones is 1. The van der Waals surface area contributed by atoms with Crippen molar-refractivity contribution in [3.63, 3.8) is 0 Å². The molecule has 0 saturated carbocycles. The van der Waals surface area contributed by atoms with Crippen LogP contribution in [-0.2, 0) is 24.7 Å². The van der Waals surface area contributed by atoms with Gasteiger partial charge in [-0.1, -0.05) is 13.3 Å². The Bertz CT molecular complexity index is 835. The molecule has 0 aliphatic carbocycles. The second-order valence-corrected chi connectivity index (χ2v) is 8.19. The van der Waals surface area contributed by atoms with Crippen LogP contribution >= 0.6 is 0 Å². The molecule has 126 valence electrons. The quantitative estimate of drug-likeness (QED) is 0.236. The number of carbonyl (C=O) groups excluding carboxylic acids is 1. The van der Waals surface area contributed by atoms with Crippen molar-refractivity contribution in [2.24, 2.45) is 0 Å². The van der Waals surface area contributed by atoms with Gasteiger partial charge in [-0.25, -0.2) is 8.42 Å². The molecular formula is C13H16N2O6S2. The van der Waals surface area contributed by atoms with Gasteiger partial charge in [0, 0.05) is 6.92 Å². The summed E-state index contributed by atoms with van der Waals surface area (Å²) in [5.41, 5.74) is 8.67. The van der Waals surface area contributed by atoms with Crippen LogP contribution in [0.4, 0.5) is 0 Å². The fraction of sp³-hybridized carbons (Fsp3) is 0.385. The van der Waals surface area contributed by atoms with Crippen molar-refractivity contribution < 1.29 is 30.6 Å². The minimum absolute atomic E-state index is 0.0506. The van der Waals surface area contributed by atoms with E-state index in [9.17, 15) is 21.6 Å². The molecule has 1 rings (SSSR count). The first-order chi connectivity index (χ1) is 10.6. The number of sulfone groups is 1. The van der Waals surface area contributed by atoms with E-state index < -0.39 is 30.8 Å². The lowest BCUT2D eigenvalue weighted by molar-refractivity contribution is -0.114. The lowest BCUT2D eigenvalue weighted by atomic mass is 10.3. The lowest BCUT2D eigenvalue weighted by Gasteiger charge is -2.06. The first-order valence-corrected chi connectivity index (χ1v) is 9.70. The number of benzene rings is 1. The maximum absolute atomic E-state index is 12.1. The fourth-order valence-electron chi connectivity index (χ4n) is 1.61. The molecule has 0 bridgehead atoms. The van der Waals surface area contributed by atoms with Crippen LogP contribution in [0.2, 0.25) is 0 Å². The van der Waals surface area contributed by atoms with Gasteiger partial charge in [0.25, 0.3) is 15.6 Å². The predicted molar refractivity (Wildman–Crippen MR) is 82.3 cm³/mol. The zero-order valence-electron chi connectivity index (χ0n) is 12.6. The summed E-state index contributed by atoms with van der Waals surface area (Å²) in [6, 6.07) is 4.42. The molecule has 1 aromatic rings. The Morgan fingerprint density at radius 3 is 2.17 bits per heavy atom. The first kappa shape index (κ1) is 19.0. The summed E-state index contributed by atoms with van der Waals surface area (Å²) in [6.45, 7) is 2.79. The third-order valence-corrected chi connectivity index (χ3v) is 5.76. The normalized spacial score (nSPS) is 11.6. The number of Topliss-reactive ketones (excluding diaryl/α,β-unsaturated/α-hetero) is 1. The molecule has 1 aromatic carbocycles. The van der Waals surface area contributed by atoms with Gasteiger partial charge in [-0.05, 0) is 30.7 Å². The van der Waals surface area contributed by atoms with Gasteiger partial charge in [0.05, 0.1) is 10.6 Å². The van der Waals surface area contributed by atoms with Crippen LogP contribution < -0.4 is 4.18 Å². The maximum atomic E-state index is 12.1. The molecule has 0 saturated heterocycles. The van der Waals surface area contributed by atoms with Gasteiger partial charge in [0.15, 0.2) is 0 Å². The van der Waals surface area contributed by atoms with Crippen molar-refractivity contribution in [3.8, 4) is 5.75 Å². The van der Waals surface area contributed by atoms with E-state index in [0.717, 1.165) is 31.2 Å². The molecule has 0 aliphatic rings. The number of nitrogens with zero attached hydrogens (tertiary/aromatic N) is 2. The molecule has 10 heteroatoms. The van der Waals surface area contributed by atoms with Crippen molar-refractivity contribution in [3.05, 3.63) is 29.8 Å². The van der Waals surface area contributed by atoms with Crippen LogP contribution in [0.25, 0.3) is 5.53 Å². The highest BCUT2D eigenvalue weighted by Crippen LogP contribution is 2.19. The number of unbranched alkanes of at least 4 members (excludes halogenated alkanes) is 1. The molecule has 0 spiro atoms. The summed E-state index contributed by atoms with van der Waals surface area (Å²) in [4.78, 5) is 13.4. The Hall–Kier alpha value is -2.03. The Labute approximate surface area is 134 Å². The molecular weight excluding hydrogens is 344 g/mol. The van der Waals surface area contributed by atoms with Crippen LogP contribution in [0, 0.1) is 0 Å². The standard InChI is InChI=1S/C13H16N2O6S2/c1-3-4-9-22(17,18)21-11-5-7-12(8-6-11)23(19,20)13(15-14)10(2)16/h5-8H,3-4,9H2,1-2H3. The fourth-order valence-corrected chi connectivity index (χ4v) is 3.94. The Kier molecular flexibility index (Phi) is 6.20. The Morgan fingerprint density at radius 2 is 1.74 bits per heavy atom. The predicted octanol–water partition coefficient (Wildman–Crippen LogP) is 1.19. The molecule has 0 radical (unpaired) electrons. The molecule has 0 amide bonds. The molecule has 0 fully saturated rings. The van der Waals surface area contributed by atoms with E-state index >= 15 is 0 Å². The van der Waals surface area contributed by atoms with Gasteiger partial charge < -0.3 is 9.71 Å². The number of rotatable bonds is 7. The summed E-state index contributed by atoms with van der Waals surface area (Å²) in [5, 5.41) is -0.998. The minimum Gasteiger partial charge on any atom is -0.382 e. The van der Waals surface area contributed by atoms with Crippen LogP contribution in [0.15, 0.2) is 29.2 Å². The highest BCUT2D eigenvalue weighted by molar-refractivity contribution is 8.08. The average Bonchev–Trinajstić information content (AvgIpc) is 2.45. The average molecular weight is 360 g/mol. The Morgan fingerprint density at radius 1 is 1.17 bits per heavy atom. The SMILES string of the molecule is CCCCS(=O)(=O)Oc1ccc(S(=O)(=O)C(=[N+]=[N-])C(C)=O)cc1. The summed E-state index contributed by atoms with van der Waals surface area (Å²) in [6.07, 6.45) is 1.14. The van der Waals surface area contributed by atoms with Gasteiger partial charge in [-0.2, -0.15) is 8.42 Å². The van der Waals surface area contributed by atoms with E-state index in [-0.39, 0.29) is 16.4 Å². The van der Waals surface area contributed by atoms with Crippen molar-refractivity contribution >= 4 is 30.8 Å². The highest BCUT2D eigenvalue weighted by atomic mass is 32.2. The van der Waals surface area contributed by atoms with Gasteiger partial charge in [0.2, 0.25) is 0 Å². The molecule has 0 aromatic heterocycles. The molecule has 0 aliphatic heterocycles. The number of hydrogen-bond acceptors (Lipinski definition) is 6. The molecule has 0 heterocycles. The van der Waals surface area contributed by atoms with Gasteiger partial charge in [0.1, 0.15) is 5.75 Å². The second kappa shape index (κ2) is 7.49. The summed E-state index contributed by atoms with van der Waals surface area (Å²) in [7, 11) is -8.03. The van der Waals surface area contributed by atoms with Crippen LogP contribution in [0.3, 0.4) is 0 Å².